The molecule has 0 fully saturated rings. The van der Waals surface area contributed by atoms with Crippen molar-refractivity contribution in [3.63, 3.8) is 0 Å². The summed E-state index contributed by atoms with van der Waals surface area (Å²) in [6, 6.07) is 8.20. The Balaban J connectivity index is 1.52. The number of nitrogens with zero attached hydrogens (tertiary/aromatic N) is 3. The second kappa shape index (κ2) is 5.80. The van der Waals surface area contributed by atoms with E-state index in [-0.39, 0.29) is 23.6 Å². The van der Waals surface area contributed by atoms with E-state index < -0.39 is 11.9 Å². The molecule has 0 bridgehead atoms. The molecule has 2 aromatic heterocycles. The Hall–Kier alpha value is -3.48. The van der Waals surface area contributed by atoms with E-state index >= 15 is 0 Å². The highest BCUT2D eigenvalue weighted by Crippen LogP contribution is 2.23. The number of carbonyl (C=O) groups is 3. The molecule has 0 saturated carbocycles. The zero-order valence-corrected chi connectivity index (χ0v) is 14.2. The number of esters is 1. The Morgan fingerprint density at radius 1 is 1.08 bits per heavy atom. The molecule has 0 spiro atoms. The summed E-state index contributed by atoms with van der Waals surface area (Å²) >= 11 is 0. The van der Waals surface area contributed by atoms with Crippen LogP contribution in [0.2, 0.25) is 0 Å². The second-order valence-electron chi connectivity index (χ2n) is 6.21. The number of rotatable bonds is 3. The number of fused-ring (bicyclic) bond motifs is 2. The molecular weight excluding hydrogens is 334 g/mol. The number of imide groups is 1. The van der Waals surface area contributed by atoms with Gasteiger partial charge in [0.15, 0.2) is 0 Å². The quantitative estimate of drug-likeness (QED) is 0.535. The van der Waals surface area contributed by atoms with Crippen molar-refractivity contribution < 1.29 is 19.1 Å². The normalized spacial score (nSPS) is 13.4. The maximum Gasteiger partial charge on any atom is 0.338 e. The van der Waals surface area contributed by atoms with Gasteiger partial charge < -0.3 is 9.14 Å². The molecule has 0 radical (unpaired) electrons. The van der Waals surface area contributed by atoms with Gasteiger partial charge in [-0.1, -0.05) is 6.07 Å². The van der Waals surface area contributed by atoms with Crippen molar-refractivity contribution in [2.45, 2.75) is 13.5 Å². The molecule has 1 aliphatic rings. The maximum absolute atomic E-state index is 12.3. The van der Waals surface area contributed by atoms with Crippen molar-refractivity contribution in [2.75, 3.05) is 7.05 Å². The molecule has 0 saturated heterocycles. The molecule has 4 rings (SSSR count). The van der Waals surface area contributed by atoms with Gasteiger partial charge in [-0.25, -0.2) is 9.78 Å². The van der Waals surface area contributed by atoms with Gasteiger partial charge in [0.1, 0.15) is 12.3 Å². The monoisotopic (exact) mass is 349 g/mol. The van der Waals surface area contributed by atoms with Crippen LogP contribution in [0.1, 0.15) is 42.3 Å². The molecule has 0 aliphatic carbocycles. The average Bonchev–Trinajstić information content (AvgIpc) is 3.13. The Labute approximate surface area is 148 Å². The van der Waals surface area contributed by atoms with E-state index in [0.717, 1.165) is 16.1 Å². The predicted octanol–water partition coefficient (Wildman–Crippen LogP) is 2.23. The van der Waals surface area contributed by atoms with Gasteiger partial charge in [0, 0.05) is 19.4 Å². The number of hydrogen-bond donors (Lipinski definition) is 0. The molecule has 3 heterocycles. The van der Waals surface area contributed by atoms with E-state index in [9.17, 15) is 14.4 Å². The van der Waals surface area contributed by atoms with E-state index in [0.29, 0.717) is 11.3 Å². The first-order valence-electron chi connectivity index (χ1n) is 8.02. The fraction of sp³-hybridized carbons (Fsp3) is 0.158. The molecule has 7 heteroatoms. The summed E-state index contributed by atoms with van der Waals surface area (Å²) in [6.07, 6.45) is 3.74. The van der Waals surface area contributed by atoms with E-state index in [1.54, 1.807) is 6.20 Å². The summed E-state index contributed by atoms with van der Waals surface area (Å²) in [5.41, 5.74) is 3.22. The number of aryl methyl sites for hydroxylation is 1. The molecular formula is C19H15N3O4. The minimum absolute atomic E-state index is 0.0173. The SMILES string of the molecule is Cc1ccc2nc(COC(=O)c3ccc4c(c3)C(=O)N(C)C4=O)cn2c1. The van der Waals surface area contributed by atoms with Crippen LogP contribution < -0.4 is 0 Å². The highest BCUT2D eigenvalue weighted by Gasteiger charge is 2.33. The lowest BCUT2D eigenvalue weighted by Gasteiger charge is -2.04. The number of amides is 2. The second-order valence-corrected chi connectivity index (χ2v) is 6.21. The fourth-order valence-electron chi connectivity index (χ4n) is 2.94. The molecule has 3 aromatic rings. The number of ether oxygens (including phenoxy) is 1. The smallest absolute Gasteiger partial charge is 0.338 e. The Kier molecular flexibility index (Phi) is 3.57. The van der Waals surface area contributed by atoms with Gasteiger partial charge in [0.25, 0.3) is 11.8 Å². The number of hydrogen-bond acceptors (Lipinski definition) is 5. The zero-order chi connectivity index (χ0) is 18.4. The molecule has 130 valence electrons. The summed E-state index contributed by atoms with van der Waals surface area (Å²) in [7, 11) is 1.41. The summed E-state index contributed by atoms with van der Waals surface area (Å²) in [5.74, 6) is -1.36. The molecule has 2 amide bonds. The Bertz CT molecular complexity index is 1080. The largest absolute Gasteiger partial charge is 0.456 e. The number of aromatic nitrogens is 2. The number of carbonyl (C=O) groups excluding carboxylic acids is 3. The topological polar surface area (TPSA) is 81.0 Å². The number of benzene rings is 1. The van der Waals surface area contributed by atoms with E-state index in [2.05, 4.69) is 4.98 Å². The van der Waals surface area contributed by atoms with Crippen molar-refractivity contribution in [3.8, 4) is 0 Å². The minimum atomic E-state index is -0.573. The van der Waals surface area contributed by atoms with Crippen LogP contribution in [0, 0.1) is 6.92 Å². The van der Waals surface area contributed by atoms with Crippen LogP contribution in [0.3, 0.4) is 0 Å². The van der Waals surface area contributed by atoms with Gasteiger partial charge in [-0.05, 0) is 36.8 Å². The van der Waals surface area contributed by atoms with Crippen molar-refractivity contribution in [2.24, 2.45) is 0 Å². The van der Waals surface area contributed by atoms with Gasteiger partial charge in [-0.3, -0.25) is 14.5 Å². The number of pyridine rings is 1. The third-order valence-corrected chi connectivity index (χ3v) is 4.33. The van der Waals surface area contributed by atoms with Crippen molar-refractivity contribution >= 4 is 23.4 Å². The molecule has 0 N–H and O–H groups in total. The van der Waals surface area contributed by atoms with Crippen LogP contribution in [0.15, 0.2) is 42.7 Å². The van der Waals surface area contributed by atoms with Crippen LogP contribution in [0.4, 0.5) is 0 Å². The third-order valence-electron chi connectivity index (χ3n) is 4.33. The molecule has 0 atom stereocenters. The van der Waals surface area contributed by atoms with Gasteiger partial charge in [-0.15, -0.1) is 0 Å². The van der Waals surface area contributed by atoms with Gasteiger partial charge in [-0.2, -0.15) is 0 Å². The van der Waals surface area contributed by atoms with E-state index in [4.69, 9.17) is 4.74 Å². The number of imidazole rings is 1. The fourth-order valence-corrected chi connectivity index (χ4v) is 2.94. The first-order chi connectivity index (χ1) is 12.4. The first-order valence-corrected chi connectivity index (χ1v) is 8.02. The van der Waals surface area contributed by atoms with Crippen LogP contribution in [0.5, 0.6) is 0 Å². The maximum atomic E-state index is 12.3. The summed E-state index contributed by atoms with van der Waals surface area (Å²) in [6.45, 7) is 2.00. The van der Waals surface area contributed by atoms with Crippen LogP contribution in [-0.2, 0) is 11.3 Å². The molecule has 26 heavy (non-hydrogen) atoms. The standard InChI is InChI=1S/C19H15N3O4/c1-11-3-6-16-20-13(9-22(16)8-11)10-26-19(25)12-4-5-14-15(7-12)18(24)21(2)17(14)23/h3-9H,10H2,1-2H3. The minimum Gasteiger partial charge on any atom is -0.456 e. The zero-order valence-electron chi connectivity index (χ0n) is 14.2. The van der Waals surface area contributed by atoms with Crippen molar-refractivity contribution in [1.29, 1.82) is 0 Å². The Morgan fingerprint density at radius 3 is 2.65 bits per heavy atom. The highest BCUT2D eigenvalue weighted by molar-refractivity contribution is 6.21. The van der Waals surface area contributed by atoms with Crippen molar-refractivity contribution in [3.05, 3.63) is 70.7 Å². The third kappa shape index (κ3) is 2.54. The van der Waals surface area contributed by atoms with Gasteiger partial charge >= 0.3 is 5.97 Å². The Morgan fingerprint density at radius 2 is 1.85 bits per heavy atom. The first kappa shape index (κ1) is 16.0. The lowest BCUT2D eigenvalue weighted by molar-refractivity contribution is 0.0468. The predicted molar refractivity (Wildman–Crippen MR) is 91.9 cm³/mol. The molecule has 1 aromatic carbocycles. The average molecular weight is 349 g/mol. The summed E-state index contributed by atoms with van der Waals surface area (Å²) < 4.78 is 7.17. The summed E-state index contributed by atoms with van der Waals surface area (Å²) in [4.78, 5) is 41.6. The highest BCUT2D eigenvalue weighted by atomic mass is 16.5. The van der Waals surface area contributed by atoms with Crippen molar-refractivity contribution in [1.82, 2.24) is 14.3 Å². The van der Waals surface area contributed by atoms with E-state index in [1.165, 1.54) is 25.2 Å². The van der Waals surface area contributed by atoms with Gasteiger partial charge in [0.05, 0.1) is 22.4 Å². The summed E-state index contributed by atoms with van der Waals surface area (Å²) in [5, 5.41) is 0. The molecule has 0 unspecified atom stereocenters. The molecule has 1 aliphatic heterocycles. The van der Waals surface area contributed by atoms with Crippen LogP contribution >= 0.6 is 0 Å². The van der Waals surface area contributed by atoms with Crippen LogP contribution in [-0.4, -0.2) is 39.1 Å². The van der Waals surface area contributed by atoms with E-state index in [1.807, 2.05) is 29.7 Å². The lowest BCUT2D eigenvalue weighted by atomic mass is 10.1. The van der Waals surface area contributed by atoms with Crippen LogP contribution in [0.25, 0.3) is 5.65 Å². The van der Waals surface area contributed by atoms with Gasteiger partial charge in [0.2, 0.25) is 0 Å². The molecule has 7 nitrogen and oxygen atoms in total. The lowest BCUT2D eigenvalue weighted by Crippen LogP contribution is -2.24.